The molecule has 25 heavy (non-hydrogen) atoms. The fourth-order valence-corrected chi connectivity index (χ4v) is 3.62. The highest BCUT2D eigenvalue weighted by atomic mass is 16.5. The summed E-state index contributed by atoms with van der Waals surface area (Å²) in [5.41, 5.74) is 1.08. The Bertz CT molecular complexity index is 550. The van der Waals surface area contributed by atoms with Crippen molar-refractivity contribution in [2.45, 2.75) is 38.9 Å². The van der Waals surface area contributed by atoms with E-state index in [0.29, 0.717) is 23.6 Å². The standard InChI is InChI=1S/C19H32N2O4/c1-14(2)21-8-7-20(13-16(21)6-9-22)12-15-10-18(24-4)19(25-5)11-17(15)23-3/h10-11,14,16,22H,6-9,12-13H2,1-5H3/t16-/m1/s1. The summed E-state index contributed by atoms with van der Waals surface area (Å²) < 4.78 is 16.3. The molecule has 1 saturated heterocycles. The van der Waals surface area contributed by atoms with E-state index in [9.17, 15) is 5.11 Å². The van der Waals surface area contributed by atoms with E-state index in [1.807, 2.05) is 12.1 Å². The molecule has 0 aliphatic carbocycles. The van der Waals surface area contributed by atoms with Crippen LogP contribution in [0.3, 0.4) is 0 Å². The van der Waals surface area contributed by atoms with Crippen LogP contribution in [0.5, 0.6) is 17.2 Å². The van der Waals surface area contributed by atoms with Gasteiger partial charge in [-0.15, -0.1) is 0 Å². The molecular weight excluding hydrogens is 320 g/mol. The highest BCUT2D eigenvalue weighted by Gasteiger charge is 2.28. The first-order valence-corrected chi connectivity index (χ1v) is 8.91. The Labute approximate surface area is 151 Å². The average molecular weight is 352 g/mol. The van der Waals surface area contributed by atoms with Crippen molar-refractivity contribution in [2.24, 2.45) is 0 Å². The normalized spacial score (nSPS) is 19.2. The molecule has 0 amide bonds. The Hall–Kier alpha value is -1.50. The largest absolute Gasteiger partial charge is 0.496 e. The van der Waals surface area contributed by atoms with Gasteiger partial charge in [0.2, 0.25) is 0 Å². The van der Waals surface area contributed by atoms with Crippen molar-refractivity contribution in [3.8, 4) is 17.2 Å². The van der Waals surface area contributed by atoms with Crippen LogP contribution in [-0.4, -0.2) is 74.6 Å². The minimum atomic E-state index is 0.224. The minimum Gasteiger partial charge on any atom is -0.496 e. The number of aliphatic hydroxyl groups is 1. The zero-order valence-corrected chi connectivity index (χ0v) is 16.1. The maximum atomic E-state index is 9.41. The Kier molecular flexibility index (Phi) is 7.35. The zero-order valence-electron chi connectivity index (χ0n) is 16.1. The smallest absolute Gasteiger partial charge is 0.164 e. The van der Waals surface area contributed by atoms with Crippen LogP contribution in [0.4, 0.5) is 0 Å². The predicted octanol–water partition coefficient (Wildman–Crippen LogP) is 1.99. The van der Waals surface area contributed by atoms with E-state index in [4.69, 9.17) is 14.2 Å². The molecule has 1 atom stereocenters. The van der Waals surface area contributed by atoms with Crippen LogP contribution in [0.25, 0.3) is 0 Å². The number of aliphatic hydroxyl groups excluding tert-OH is 1. The molecule has 0 aromatic heterocycles. The number of methoxy groups -OCH3 is 3. The summed E-state index contributed by atoms with van der Waals surface area (Å²) in [5.74, 6) is 2.19. The second-order valence-electron chi connectivity index (χ2n) is 6.75. The SMILES string of the molecule is COc1cc(OC)c(OC)cc1CN1CCN(C(C)C)[C@H](CCO)C1. The highest BCUT2D eigenvalue weighted by molar-refractivity contribution is 5.50. The molecular formula is C19H32N2O4. The lowest BCUT2D eigenvalue weighted by Crippen LogP contribution is -2.55. The monoisotopic (exact) mass is 352 g/mol. The Morgan fingerprint density at radius 1 is 1.04 bits per heavy atom. The summed E-state index contributed by atoms with van der Waals surface area (Å²) in [5, 5.41) is 9.41. The lowest BCUT2D eigenvalue weighted by atomic mass is 10.1. The van der Waals surface area contributed by atoms with E-state index in [1.165, 1.54) is 0 Å². The number of benzene rings is 1. The predicted molar refractivity (Wildman–Crippen MR) is 98.7 cm³/mol. The summed E-state index contributed by atoms with van der Waals surface area (Å²) in [6.45, 7) is 8.40. The zero-order chi connectivity index (χ0) is 18.4. The van der Waals surface area contributed by atoms with Gasteiger partial charge in [-0.05, 0) is 26.3 Å². The van der Waals surface area contributed by atoms with E-state index in [1.54, 1.807) is 21.3 Å². The molecule has 0 saturated carbocycles. The van der Waals surface area contributed by atoms with Crippen LogP contribution < -0.4 is 14.2 Å². The summed E-state index contributed by atoms with van der Waals surface area (Å²) in [6.07, 6.45) is 0.803. The second-order valence-corrected chi connectivity index (χ2v) is 6.75. The van der Waals surface area contributed by atoms with Gasteiger partial charge in [-0.25, -0.2) is 0 Å². The number of hydrogen-bond donors (Lipinski definition) is 1. The molecule has 1 aliphatic rings. The van der Waals surface area contributed by atoms with Gasteiger partial charge in [0.05, 0.1) is 21.3 Å². The van der Waals surface area contributed by atoms with E-state index in [2.05, 4.69) is 23.6 Å². The van der Waals surface area contributed by atoms with Gasteiger partial charge in [-0.2, -0.15) is 0 Å². The van der Waals surface area contributed by atoms with E-state index >= 15 is 0 Å². The summed E-state index contributed by atoms with van der Waals surface area (Å²) in [4.78, 5) is 4.90. The van der Waals surface area contributed by atoms with Crippen molar-refractivity contribution < 1.29 is 19.3 Å². The first-order chi connectivity index (χ1) is 12.0. The van der Waals surface area contributed by atoms with Gasteiger partial charge in [-0.3, -0.25) is 9.80 Å². The Morgan fingerprint density at radius 2 is 1.68 bits per heavy atom. The first-order valence-electron chi connectivity index (χ1n) is 8.91. The van der Waals surface area contributed by atoms with Gasteiger partial charge in [0.15, 0.2) is 11.5 Å². The molecule has 1 aromatic rings. The molecule has 2 rings (SSSR count). The number of piperazine rings is 1. The van der Waals surface area contributed by atoms with Crippen molar-refractivity contribution in [1.82, 2.24) is 9.80 Å². The molecule has 142 valence electrons. The van der Waals surface area contributed by atoms with Gasteiger partial charge < -0.3 is 19.3 Å². The molecule has 0 unspecified atom stereocenters. The maximum absolute atomic E-state index is 9.41. The Balaban J connectivity index is 2.16. The average Bonchev–Trinajstić information content (AvgIpc) is 2.61. The molecule has 1 heterocycles. The van der Waals surface area contributed by atoms with Gasteiger partial charge in [0.25, 0.3) is 0 Å². The van der Waals surface area contributed by atoms with Crippen molar-refractivity contribution in [1.29, 1.82) is 0 Å². The van der Waals surface area contributed by atoms with E-state index < -0.39 is 0 Å². The lowest BCUT2D eigenvalue weighted by Gasteiger charge is -2.43. The third kappa shape index (κ3) is 4.77. The number of rotatable bonds is 8. The molecule has 1 aromatic carbocycles. The topological polar surface area (TPSA) is 54.4 Å². The van der Waals surface area contributed by atoms with E-state index in [0.717, 1.165) is 43.9 Å². The molecule has 6 nitrogen and oxygen atoms in total. The minimum absolute atomic E-state index is 0.224. The summed E-state index contributed by atoms with van der Waals surface area (Å²) >= 11 is 0. The summed E-state index contributed by atoms with van der Waals surface area (Å²) in [6, 6.07) is 4.75. The van der Waals surface area contributed by atoms with Crippen molar-refractivity contribution in [2.75, 3.05) is 47.6 Å². The van der Waals surface area contributed by atoms with Crippen LogP contribution in [0.2, 0.25) is 0 Å². The number of hydrogen-bond acceptors (Lipinski definition) is 6. The molecule has 0 radical (unpaired) electrons. The molecule has 6 heteroatoms. The fourth-order valence-electron chi connectivity index (χ4n) is 3.62. The fraction of sp³-hybridized carbons (Fsp3) is 0.684. The first kappa shape index (κ1) is 19.8. The van der Waals surface area contributed by atoms with Crippen LogP contribution in [0, 0.1) is 0 Å². The number of ether oxygens (including phenoxy) is 3. The molecule has 1 fully saturated rings. The molecule has 0 spiro atoms. The third-order valence-electron chi connectivity index (χ3n) is 4.92. The van der Waals surface area contributed by atoms with Gasteiger partial charge in [-0.1, -0.05) is 0 Å². The van der Waals surface area contributed by atoms with Crippen LogP contribution in [0.1, 0.15) is 25.8 Å². The van der Waals surface area contributed by atoms with Gasteiger partial charge >= 0.3 is 0 Å². The third-order valence-corrected chi connectivity index (χ3v) is 4.92. The van der Waals surface area contributed by atoms with Gasteiger partial charge in [0.1, 0.15) is 5.75 Å². The van der Waals surface area contributed by atoms with Crippen LogP contribution >= 0.6 is 0 Å². The van der Waals surface area contributed by atoms with Crippen LogP contribution in [-0.2, 0) is 6.54 Å². The Morgan fingerprint density at radius 3 is 2.24 bits per heavy atom. The molecule has 1 aliphatic heterocycles. The summed E-state index contributed by atoms with van der Waals surface area (Å²) in [7, 11) is 4.95. The van der Waals surface area contributed by atoms with Crippen molar-refractivity contribution in [3.05, 3.63) is 17.7 Å². The van der Waals surface area contributed by atoms with Crippen molar-refractivity contribution >= 4 is 0 Å². The maximum Gasteiger partial charge on any atom is 0.164 e. The van der Waals surface area contributed by atoms with E-state index in [-0.39, 0.29) is 6.61 Å². The molecule has 1 N–H and O–H groups in total. The number of nitrogens with zero attached hydrogens (tertiary/aromatic N) is 2. The molecule has 0 bridgehead atoms. The van der Waals surface area contributed by atoms with Gasteiger partial charge in [0, 0.05) is 56.5 Å². The van der Waals surface area contributed by atoms with Crippen molar-refractivity contribution in [3.63, 3.8) is 0 Å². The highest BCUT2D eigenvalue weighted by Crippen LogP contribution is 2.35. The van der Waals surface area contributed by atoms with Crippen LogP contribution in [0.15, 0.2) is 12.1 Å². The lowest BCUT2D eigenvalue weighted by molar-refractivity contribution is 0.0346. The second kappa shape index (κ2) is 9.27. The quantitative estimate of drug-likeness (QED) is 0.772.